The normalized spacial score (nSPS) is 17.4. The van der Waals surface area contributed by atoms with Crippen LogP contribution in [0, 0.1) is 0 Å². The van der Waals surface area contributed by atoms with Crippen molar-refractivity contribution in [1.29, 1.82) is 0 Å². The lowest BCUT2D eigenvalue weighted by molar-refractivity contribution is -0.136. The average molecular weight is 318 g/mol. The maximum Gasteiger partial charge on any atom is 0.418 e. The van der Waals surface area contributed by atoms with Gasteiger partial charge in [0.05, 0.1) is 18.3 Å². The van der Waals surface area contributed by atoms with Gasteiger partial charge in [-0.25, -0.2) is 0 Å². The largest absolute Gasteiger partial charge is 0.418 e. The molecule has 1 atom stereocenters. The number of halogens is 3. The van der Waals surface area contributed by atoms with Crippen molar-refractivity contribution in [3.63, 3.8) is 0 Å². The Kier molecular flexibility index (Phi) is 5.52. The molecule has 2 rings (SSSR count). The summed E-state index contributed by atoms with van der Waals surface area (Å²) in [6.07, 6.45) is -2.48. The monoisotopic (exact) mass is 318 g/mol. The standard InChI is InChI=1S/C15H21F3N2O2/c16-15(17,18)13-8-11(20-6-2-1-3-7-20)4-5-14(13)19-9-12(22)10-21/h4-5,8,12,19,21-22H,1-3,6-7,9-10H2. The first-order valence-electron chi connectivity index (χ1n) is 7.41. The molecule has 1 unspecified atom stereocenters. The molecule has 0 aliphatic carbocycles. The zero-order valence-corrected chi connectivity index (χ0v) is 12.2. The van der Waals surface area contributed by atoms with Crippen molar-refractivity contribution < 1.29 is 23.4 Å². The molecule has 7 heteroatoms. The van der Waals surface area contributed by atoms with Crippen molar-refractivity contribution in [3.05, 3.63) is 23.8 Å². The van der Waals surface area contributed by atoms with E-state index in [1.165, 1.54) is 6.07 Å². The van der Waals surface area contributed by atoms with Gasteiger partial charge in [0, 0.05) is 31.0 Å². The number of piperidine rings is 1. The zero-order valence-electron chi connectivity index (χ0n) is 12.2. The van der Waals surface area contributed by atoms with Crippen LogP contribution in [0.2, 0.25) is 0 Å². The van der Waals surface area contributed by atoms with E-state index in [0.717, 1.165) is 38.4 Å². The minimum Gasteiger partial charge on any atom is -0.394 e. The maximum atomic E-state index is 13.2. The molecule has 0 bridgehead atoms. The molecule has 0 spiro atoms. The van der Waals surface area contributed by atoms with E-state index in [9.17, 15) is 18.3 Å². The number of alkyl halides is 3. The molecule has 22 heavy (non-hydrogen) atoms. The predicted molar refractivity (Wildman–Crippen MR) is 79.1 cm³/mol. The minimum absolute atomic E-state index is 0.0826. The van der Waals surface area contributed by atoms with E-state index in [0.29, 0.717) is 5.69 Å². The van der Waals surface area contributed by atoms with Crippen LogP contribution in [0.3, 0.4) is 0 Å². The highest BCUT2D eigenvalue weighted by Crippen LogP contribution is 2.37. The molecule has 1 aliphatic heterocycles. The summed E-state index contributed by atoms with van der Waals surface area (Å²) in [5.41, 5.74) is -0.262. The smallest absolute Gasteiger partial charge is 0.394 e. The van der Waals surface area contributed by atoms with E-state index in [-0.39, 0.29) is 12.2 Å². The molecule has 124 valence electrons. The summed E-state index contributed by atoms with van der Waals surface area (Å²) in [4.78, 5) is 1.96. The summed E-state index contributed by atoms with van der Waals surface area (Å²) < 4.78 is 39.7. The molecule has 4 nitrogen and oxygen atoms in total. The lowest BCUT2D eigenvalue weighted by Crippen LogP contribution is -2.30. The molecule has 1 saturated heterocycles. The van der Waals surface area contributed by atoms with Crippen LogP contribution in [0.15, 0.2) is 18.2 Å². The highest BCUT2D eigenvalue weighted by Gasteiger charge is 2.34. The fourth-order valence-electron chi connectivity index (χ4n) is 2.56. The Hall–Kier alpha value is -1.47. The Morgan fingerprint density at radius 2 is 1.86 bits per heavy atom. The SMILES string of the molecule is OCC(O)CNc1ccc(N2CCCCC2)cc1C(F)(F)F. The number of benzene rings is 1. The van der Waals surface area contributed by atoms with Crippen molar-refractivity contribution in [3.8, 4) is 0 Å². The maximum absolute atomic E-state index is 13.2. The summed E-state index contributed by atoms with van der Waals surface area (Å²) in [5.74, 6) is 0. The van der Waals surface area contributed by atoms with Gasteiger partial charge in [0.1, 0.15) is 0 Å². The Morgan fingerprint density at radius 1 is 1.18 bits per heavy atom. The second-order valence-electron chi connectivity index (χ2n) is 5.49. The number of aliphatic hydroxyl groups excluding tert-OH is 2. The molecular formula is C15H21F3N2O2. The third kappa shape index (κ3) is 4.27. The number of nitrogens with one attached hydrogen (secondary N) is 1. The third-order valence-corrected chi connectivity index (χ3v) is 3.77. The molecule has 0 saturated carbocycles. The molecule has 0 amide bonds. The topological polar surface area (TPSA) is 55.7 Å². The average Bonchev–Trinajstić information content (AvgIpc) is 2.52. The quantitative estimate of drug-likeness (QED) is 0.781. The van der Waals surface area contributed by atoms with Crippen molar-refractivity contribution in [2.24, 2.45) is 0 Å². The molecule has 1 fully saturated rings. The number of hydrogen-bond donors (Lipinski definition) is 3. The van der Waals surface area contributed by atoms with E-state index in [2.05, 4.69) is 5.32 Å². The molecule has 1 heterocycles. The first-order valence-corrected chi connectivity index (χ1v) is 7.41. The van der Waals surface area contributed by atoms with Gasteiger partial charge in [-0.1, -0.05) is 0 Å². The molecule has 1 aliphatic rings. The Balaban J connectivity index is 2.22. The van der Waals surface area contributed by atoms with Crippen LogP contribution in [0.4, 0.5) is 24.5 Å². The molecule has 1 aromatic carbocycles. The fourth-order valence-corrected chi connectivity index (χ4v) is 2.56. The molecule has 3 N–H and O–H groups in total. The van der Waals surface area contributed by atoms with E-state index in [4.69, 9.17) is 5.11 Å². The minimum atomic E-state index is -4.47. The summed E-state index contributed by atoms with van der Waals surface area (Å²) in [6, 6.07) is 4.20. The van der Waals surface area contributed by atoms with Gasteiger partial charge in [-0.15, -0.1) is 0 Å². The van der Waals surface area contributed by atoms with E-state index in [1.807, 2.05) is 4.90 Å². The van der Waals surface area contributed by atoms with Crippen LogP contribution in [-0.2, 0) is 6.18 Å². The molecular weight excluding hydrogens is 297 g/mol. The van der Waals surface area contributed by atoms with Gasteiger partial charge in [-0.3, -0.25) is 0 Å². The van der Waals surface area contributed by atoms with Gasteiger partial charge >= 0.3 is 6.18 Å². The number of rotatable bonds is 5. The van der Waals surface area contributed by atoms with Crippen LogP contribution in [-0.4, -0.2) is 42.6 Å². The summed E-state index contributed by atoms with van der Waals surface area (Å²) in [5, 5.41) is 20.6. The van der Waals surface area contributed by atoms with E-state index in [1.54, 1.807) is 6.07 Å². The van der Waals surface area contributed by atoms with Gasteiger partial charge in [-0.05, 0) is 37.5 Å². The summed E-state index contributed by atoms with van der Waals surface area (Å²) in [7, 11) is 0. The van der Waals surface area contributed by atoms with Crippen LogP contribution in [0.1, 0.15) is 24.8 Å². The molecule has 0 radical (unpaired) electrons. The van der Waals surface area contributed by atoms with Crippen LogP contribution in [0.5, 0.6) is 0 Å². The highest BCUT2D eigenvalue weighted by molar-refractivity contribution is 5.62. The number of aliphatic hydroxyl groups is 2. The fraction of sp³-hybridized carbons (Fsp3) is 0.600. The highest BCUT2D eigenvalue weighted by atomic mass is 19.4. The van der Waals surface area contributed by atoms with Gasteiger partial charge in [0.15, 0.2) is 0 Å². The van der Waals surface area contributed by atoms with E-state index < -0.39 is 24.5 Å². The van der Waals surface area contributed by atoms with Crippen LogP contribution in [0.25, 0.3) is 0 Å². The lowest BCUT2D eigenvalue weighted by atomic mass is 10.1. The Bertz CT molecular complexity index is 488. The molecule has 1 aromatic rings. The first kappa shape index (κ1) is 16.9. The van der Waals surface area contributed by atoms with Crippen LogP contribution < -0.4 is 10.2 Å². The summed E-state index contributed by atoms with van der Waals surface area (Å²) >= 11 is 0. The Labute approximate surface area is 127 Å². The molecule has 0 aromatic heterocycles. The van der Waals surface area contributed by atoms with Crippen molar-refractivity contribution in [2.45, 2.75) is 31.5 Å². The van der Waals surface area contributed by atoms with Crippen molar-refractivity contribution >= 4 is 11.4 Å². The number of nitrogens with zero attached hydrogens (tertiary/aromatic N) is 1. The van der Waals surface area contributed by atoms with Crippen molar-refractivity contribution in [2.75, 3.05) is 36.5 Å². The second-order valence-corrected chi connectivity index (χ2v) is 5.49. The Morgan fingerprint density at radius 3 is 2.45 bits per heavy atom. The number of hydrogen-bond acceptors (Lipinski definition) is 4. The van der Waals surface area contributed by atoms with Gasteiger partial charge < -0.3 is 20.4 Å². The third-order valence-electron chi connectivity index (χ3n) is 3.77. The lowest BCUT2D eigenvalue weighted by Gasteiger charge is -2.30. The zero-order chi connectivity index (χ0) is 16.2. The first-order chi connectivity index (χ1) is 10.4. The van der Waals surface area contributed by atoms with Gasteiger partial charge in [0.25, 0.3) is 0 Å². The summed E-state index contributed by atoms with van der Waals surface area (Å²) in [6.45, 7) is 0.906. The second kappa shape index (κ2) is 7.19. The van der Waals surface area contributed by atoms with Crippen molar-refractivity contribution in [1.82, 2.24) is 0 Å². The van der Waals surface area contributed by atoms with E-state index >= 15 is 0 Å². The predicted octanol–water partition coefficient (Wildman–Crippen LogP) is 2.46. The number of anilines is 2. The van der Waals surface area contributed by atoms with Crippen LogP contribution >= 0.6 is 0 Å². The van der Waals surface area contributed by atoms with Gasteiger partial charge in [-0.2, -0.15) is 13.2 Å². The van der Waals surface area contributed by atoms with Gasteiger partial charge in [0.2, 0.25) is 0 Å².